The second kappa shape index (κ2) is 5.42. The number of benzene rings is 2. The van der Waals surface area contributed by atoms with Crippen molar-refractivity contribution < 1.29 is 23.1 Å². The maximum Gasteiger partial charge on any atom is 0.416 e. The number of rotatable bonds is 3. The van der Waals surface area contributed by atoms with Gasteiger partial charge >= 0.3 is 12.1 Å². The maximum atomic E-state index is 12.5. The molecule has 0 aliphatic rings. The predicted molar refractivity (Wildman–Crippen MR) is 77.2 cm³/mol. The van der Waals surface area contributed by atoms with Crippen molar-refractivity contribution >= 4 is 16.9 Å². The molecule has 3 aromatic rings. The number of carbonyl (C=O) groups is 1. The molecule has 118 valence electrons. The van der Waals surface area contributed by atoms with Gasteiger partial charge in [0.15, 0.2) is 0 Å². The summed E-state index contributed by atoms with van der Waals surface area (Å²) in [6.45, 7) is 0.300. The molecule has 1 heterocycles. The fourth-order valence-corrected chi connectivity index (χ4v) is 2.32. The van der Waals surface area contributed by atoms with Crippen LogP contribution in [0.5, 0.6) is 0 Å². The number of fused-ring (bicyclic) bond motifs is 1. The molecular weight excluding hydrogens is 309 g/mol. The van der Waals surface area contributed by atoms with Crippen LogP contribution in [0.15, 0.2) is 48.7 Å². The van der Waals surface area contributed by atoms with E-state index in [1.165, 1.54) is 30.5 Å². The summed E-state index contributed by atoms with van der Waals surface area (Å²) in [4.78, 5) is 10.9. The molecule has 0 saturated heterocycles. The third kappa shape index (κ3) is 3.03. The minimum Gasteiger partial charge on any atom is -0.478 e. The number of nitrogens with zero attached hydrogens (tertiary/aromatic N) is 2. The first-order valence-electron chi connectivity index (χ1n) is 6.69. The van der Waals surface area contributed by atoms with Gasteiger partial charge in [0.2, 0.25) is 0 Å². The van der Waals surface area contributed by atoms with Gasteiger partial charge in [-0.05, 0) is 35.9 Å². The molecule has 0 amide bonds. The summed E-state index contributed by atoms with van der Waals surface area (Å²) in [7, 11) is 0. The molecule has 23 heavy (non-hydrogen) atoms. The van der Waals surface area contributed by atoms with E-state index >= 15 is 0 Å². The SMILES string of the molecule is O=C(O)c1ccc2c(cnn2Cc2ccc(C(F)(F)F)cc2)c1. The van der Waals surface area contributed by atoms with E-state index in [0.29, 0.717) is 17.5 Å². The molecule has 1 aromatic heterocycles. The minimum absolute atomic E-state index is 0.159. The smallest absolute Gasteiger partial charge is 0.416 e. The Morgan fingerprint density at radius 1 is 1.13 bits per heavy atom. The lowest BCUT2D eigenvalue weighted by Crippen LogP contribution is -2.06. The van der Waals surface area contributed by atoms with Gasteiger partial charge in [0, 0.05) is 5.39 Å². The molecule has 3 rings (SSSR count). The van der Waals surface area contributed by atoms with Crippen LogP contribution in [0.3, 0.4) is 0 Å². The molecular formula is C16H11F3N2O2. The highest BCUT2D eigenvalue weighted by molar-refractivity contribution is 5.93. The van der Waals surface area contributed by atoms with Crippen molar-refractivity contribution in [2.45, 2.75) is 12.7 Å². The molecule has 7 heteroatoms. The number of carboxylic acid groups (broad SMARTS) is 1. The number of alkyl halides is 3. The van der Waals surface area contributed by atoms with Crippen LogP contribution >= 0.6 is 0 Å². The summed E-state index contributed by atoms with van der Waals surface area (Å²) < 4.78 is 39.2. The van der Waals surface area contributed by atoms with Crippen LogP contribution < -0.4 is 0 Å². The van der Waals surface area contributed by atoms with Crippen molar-refractivity contribution in [2.75, 3.05) is 0 Å². The zero-order valence-corrected chi connectivity index (χ0v) is 11.7. The number of hydrogen-bond donors (Lipinski definition) is 1. The van der Waals surface area contributed by atoms with E-state index in [1.54, 1.807) is 10.7 Å². The fraction of sp³-hybridized carbons (Fsp3) is 0.125. The van der Waals surface area contributed by atoms with Gasteiger partial charge in [-0.25, -0.2) is 4.79 Å². The van der Waals surface area contributed by atoms with Gasteiger partial charge in [-0.15, -0.1) is 0 Å². The Balaban J connectivity index is 1.88. The zero-order valence-electron chi connectivity index (χ0n) is 11.7. The standard InChI is InChI=1S/C16H11F3N2O2/c17-16(18,19)13-4-1-10(2-5-13)9-21-14-6-3-11(15(22)23)7-12(14)8-20-21/h1-8H,9H2,(H,22,23). The molecule has 0 aliphatic carbocycles. The maximum absolute atomic E-state index is 12.5. The van der Waals surface area contributed by atoms with Crippen LogP contribution in [0, 0.1) is 0 Å². The fourth-order valence-electron chi connectivity index (χ4n) is 2.32. The highest BCUT2D eigenvalue weighted by atomic mass is 19.4. The van der Waals surface area contributed by atoms with Gasteiger partial charge in [0.05, 0.1) is 29.4 Å². The molecule has 1 N–H and O–H groups in total. The van der Waals surface area contributed by atoms with E-state index in [9.17, 15) is 18.0 Å². The predicted octanol–water partition coefficient (Wildman–Crippen LogP) is 3.80. The van der Waals surface area contributed by atoms with Crippen molar-refractivity contribution in [3.8, 4) is 0 Å². The molecule has 0 radical (unpaired) electrons. The van der Waals surface area contributed by atoms with Crippen molar-refractivity contribution in [3.05, 3.63) is 65.4 Å². The Morgan fingerprint density at radius 3 is 2.43 bits per heavy atom. The topological polar surface area (TPSA) is 55.1 Å². The molecule has 0 bridgehead atoms. The van der Waals surface area contributed by atoms with Crippen molar-refractivity contribution in [1.29, 1.82) is 0 Å². The van der Waals surface area contributed by atoms with Crippen LogP contribution in [-0.2, 0) is 12.7 Å². The first-order chi connectivity index (χ1) is 10.8. The van der Waals surface area contributed by atoms with Crippen LogP contribution in [-0.4, -0.2) is 20.9 Å². The molecule has 0 aliphatic heterocycles. The average Bonchev–Trinajstić information content (AvgIpc) is 2.89. The Kier molecular flexibility index (Phi) is 3.55. The van der Waals surface area contributed by atoms with Gasteiger partial charge in [-0.2, -0.15) is 18.3 Å². The second-order valence-corrected chi connectivity index (χ2v) is 5.08. The number of aromatic nitrogens is 2. The summed E-state index contributed by atoms with van der Waals surface area (Å²) in [6.07, 6.45) is -2.82. The first kappa shape index (κ1) is 15.1. The summed E-state index contributed by atoms with van der Waals surface area (Å²) >= 11 is 0. The van der Waals surface area contributed by atoms with E-state index in [-0.39, 0.29) is 5.56 Å². The lowest BCUT2D eigenvalue weighted by molar-refractivity contribution is -0.137. The van der Waals surface area contributed by atoms with Crippen LogP contribution in [0.25, 0.3) is 10.9 Å². The molecule has 0 unspecified atom stereocenters. The Hall–Kier alpha value is -2.83. The molecule has 0 atom stereocenters. The van der Waals surface area contributed by atoms with Crippen molar-refractivity contribution in [2.24, 2.45) is 0 Å². The molecule has 4 nitrogen and oxygen atoms in total. The van der Waals surface area contributed by atoms with Gasteiger partial charge in [0.25, 0.3) is 0 Å². The largest absolute Gasteiger partial charge is 0.478 e. The van der Waals surface area contributed by atoms with Crippen LogP contribution in [0.4, 0.5) is 13.2 Å². The zero-order chi connectivity index (χ0) is 16.6. The summed E-state index contributed by atoms with van der Waals surface area (Å²) in [6, 6.07) is 9.48. The monoisotopic (exact) mass is 320 g/mol. The highest BCUT2D eigenvalue weighted by Gasteiger charge is 2.29. The summed E-state index contributed by atoms with van der Waals surface area (Å²) in [5.41, 5.74) is 0.851. The number of carboxylic acids is 1. The van der Waals surface area contributed by atoms with E-state index in [0.717, 1.165) is 17.6 Å². The Bertz CT molecular complexity index is 867. The van der Waals surface area contributed by atoms with Gasteiger partial charge in [0.1, 0.15) is 0 Å². The Morgan fingerprint density at radius 2 is 1.83 bits per heavy atom. The molecule has 0 spiro atoms. The van der Waals surface area contributed by atoms with E-state index in [1.807, 2.05) is 0 Å². The number of aromatic carboxylic acids is 1. The van der Waals surface area contributed by atoms with Crippen LogP contribution in [0.2, 0.25) is 0 Å². The van der Waals surface area contributed by atoms with E-state index in [2.05, 4.69) is 5.10 Å². The Labute approximate surface area is 128 Å². The number of halogens is 3. The summed E-state index contributed by atoms with van der Waals surface area (Å²) in [5, 5.41) is 13.8. The van der Waals surface area contributed by atoms with E-state index in [4.69, 9.17) is 5.11 Å². The van der Waals surface area contributed by atoms with Gasteiger partial charge < -0.3 is 5.11 Å². The number of hydrogen-bond acceptors (Lipinski definition) is 2. The quantitative estimate of drug-likeness (QED) is 0.798. The molecule has 2 aromatic carbocycles. The minimum atomic E-state index is -4.36. The second-order valence-electron chi connectivity index (χ2n) is 5.08. The normalized spacial score (nSPS) is 11.8. The molecule has 0 fully saturated rings. The van der Waals surface area contributed by atoms with Crippen molar-refractivity contribution in [3.63, 3.8) is 0 Å². The average molecular weight is 320 g/mol. The van der Waals surface area contributed by atoms with E-state index < -0.39 is 17.7 Å². The molecule has 0 saturated carbocycles. The highest BCUT2D eigenvalue weighted by Crippen LogP contribution is 2.29. The van der Waals surface area contributed by atoms with Crippen molar-refractivity contribution in [1.82, 2.24) is 9.78 Å². The third-order valence-electron chi connectivity index (χ3n) is 3.50. The van der Waals surface area contributed by atoms with Gasteiger partial charge in [-0.3, -0.25) is 4.68 Å². The lowest BCUT2D eigenvalue weighted by Gasteiger charge is -2.08. The van der Waals surface area contributed by atoms with Crippen LogP contribution in [0.1, 0.15) is 21.5 Å². The first-order valence-corrected chi connectivity index (χ1v) is 6.69. The third-order valence-corrected chi connectivity index (χ3v) is 3.50. The van der Waals surface area contributed by atoms with Gasteiger partial charge in [-0.1, -0.05) is 12.1 Å². The summed E-state index contributed by atoms with van der Waals surface area (Å²) in [5.74, 6) is -1.03. The lowest BCUT2D eigenvalue weighted by atomic mass is 10.1.